The topological polar surface area (TPSA) is 52.6 Å². The molecule has 0 aromatic heterocycles. The Labute approximate surface area is 167 Å². The second-order valence-electron chi connectivity index (χ2n) is 6.66. The van der Waals surface area contributed by atoms with Crippen LogP contribution in [0, 0.1) is 0 Å². The van der Waals surface area contributed by atoms with Crippen molar-refractivity contribution in [3.05, 3.63) is 83.9 Å². The summed E-state index contributed by atoms with van der Waals surface area (Å²) < 4.78 is 10.9. The summed E-state index contributed by atoms with van der Waals surface area (Å²) in [4.78, 5) is 22.8. The molecule has 148 valence electrons. The molecule has 2 atom stereocenters. The summed E-state index contributed by atoms with van der Waals surface area (Å²) in [6.07, 6.45) is 6.81. The van der Waals surface area contributed by atoms with Crippen molar-refractivity contribution < 1.29 is 19.1 Å². The number of carbonyl (C=O) groups excluding carboxylic acids is 2. The van der Waals surface area contributed by atoms with Gasteiger partial charge in [0, 0.05) is 20.3 Å². The fraction of sp³-hybridized carbons (Fsp3) is 0.333. The number of benzene rings is 2. The van der Waals surface area contributed by atoms with Crippen molar-refractivity contribution in [3.8, 4) is 0 Å². The lowest BCUT2D eigenvalue weighted by atomic mass is 10.0. The molecule has 0 radical (unpaired) electrons. The van der Waals surface area contributed by atoms with Crippen molar-refractivity contribution in [2.75, 3.05) is 0 Å². The van der Waals surface area contributed by atoms with Crippen LogP contribution >= 0.6 is 0 Å². The Balaban J connectivity index is 1.84. The van der Waals surface area contributed by atoms with E-state index in [0.717, 1.165) is 30.4 Å². The number of esters is 2. The Morgan fingerprint density at radius 1 is 0.786 bits per heavy atom. The molecule has 2 unspecified atom stereocenters. The molecule has 4 nitrogen and oxygen atoms in total. The molecule has 0 amide bonds. The minimum Gasteiger partial charge on any atom is -0.458 e. The number of carbonyl (C=O) groups is 2. The van der Waals surface area contributed by atoms with Gasteiger partial charge in [-0.15, -0.1) is 0 Å². The van der Waals surface area contributed by atoms with Crippen LogP contribution in [-0.2, 0) is 19.1 Å². The van der Waals surface area contributed by atoms with Crippen molar-refractivity contribution in [1.29, 1.82) is 0 Å². The second kappa shape index (κ2) is 11.8. The molecule has 0 aliphatic rings. The molecule has 0 bridgehead atoms. The summed E-state index contributed by atoms with van der Waals surface area (Å²) >= 11 is 0. The van der Waals surface area contributed by atoms with Crippen molar-refractivity contribution >= 4 is 11.9 Å². The van der Waals surface area contributed by atoms with Crippen LogP contribution in [0.15, 0.2) is 72.8 Å². The molecular formula is C24H28O4. The van der Waals surface area contributed by atoms with E-state index in [9.17, 15) is 9.59 Å². The predicted molar refractivity (Wildman–Crippen MR) is 110 cm³/mol. The number of allylic oxidation sites excluding steroid dienone is 1. The molecule has 4 heteroatoms. The van der Waals surface area contributed by atoms with Crippen molar-refractivity contribution in [3.63, 3.8) is 0 Å². The Morgan fingerprint density at radius 3 is 1.82 bits per heavy atom. The van der Waals surface area contributed by atoms with E-state index in [0.29, 0.717) is 6.42 Å². The molecule has 2 aromatic carbocycles. The summed E-state index contributed by atoms with van der Waals surface area (Å²) in [5.41, 5.74) is 2.00. The number of hydrogen-bond acceptors (Lipinski definition) is 4. The fourth-order valence-electron chi connectivity index (χ4n) is 3.04. The average Bonchev–Trinajstić information content (AvgIpc) is 2.69. The molecule has 2 aromatic rings. The Kier molecular flexibility index (Phi) is 8.99. The first-order valence-electron chi connectivity index (χ1n) is 9.65. The summed E-state index contributed by atoms with van der Waals surface area (Å²) in [5, 5.41) is 0. The molecule has 0 spiro atoms. The van der Waals surface area contributed by atoms with E-state index < -0.39 is 0 Å². The first-order chi connectivity index (χ1) is 13.6. The second-order valence-corrected chi connectivity index (χ2v) is 6.66. The van der Waals surface area contributed by atoms with E-state index in [1.807, 2.05) is 66.7 Å². The van der Waals surface area contributed by atoms with E-state index in [1.54, 1.807) is 0 Å². The summed E-state index contributed by atoms with van der Waals surface area (Å²) in [6, 6.07) is 19.5. The third-order valence-electron chi connectivity index (χ3n) is 4.31. The van der Waals surface area contributed by atoms with Crippen LogP contribution in [0.5, 0.6) is 0 Å². The number of rotatable bonds is 10. The summed E-state index contributed by atoms with van der Waals surface area (Å²) in [7, 11) is 0. The Bertz CT molecular complexity index is 753. The van der Waals surface area contributed by atoms with Crippen LogP contribution in [0.1, 0.15) is 62.9 Å². The third-order valence-corrected chi connectivity index (χ3v) is 4.31. The molecule has 0 aliphatic carbocycles. The van der Waals surface area contributed by atoms with E-state index in [1.165, 1.54) is 13.8 Å². The highest BCUT2D eigenvalue weighted by Gasteiger charge is 2.14. The van der Waals surface area contributed by atoms with Gasteiger partial charge in [-0.1, -0.05) is 72.8 Å². The maximum Gasteiger partial charge on any atom is 0.303 e. The molecule has 0 saturated heterocycles. The summed E-state index contributed by atoms with van der Waals surface area (Å²) in [6.45, 7) is 2.87. The zero-order chi connectivity index (χ0) is 20.2. The first kappa shape index (κ1) is 21.4. The van der Waals surface area contributed by atoms with Crippen molar-refractivity contribution in [2.45, 2.75) is 51.7 Å². The SMILES string of the molecule is CC(=O)OC(C/C=C/CCCC(OC(C)=O)c1ccccc1)c1ccccc1. The molecule has 0 heterocycles. The molecule has 0 aliphatic heterocycles. The van der Waals surface area contributed by atoms with E-state index >= 15 is 0 Å². The molecule has 0 N–H and O–H groups in total. The maximum atomic E-state index is 11.4. The quantitative estimate of drug-likeness (QED) is 0.301. The van der Waals surface area contributed by atoms with Crippen LogP contribution in [0.2, 0.25) is 0 Å². The van der Waals surface area contributed by atoms with Crippen molar-refractivity contribution in [2.24, 2.45) is 0 Å². The van der Waals surface area contributed by atoms with E-state index in [4.69, 9.17) is 9.47 Å². The number of unbranched alkanes of at least 4 members (excludes halogenated alkanes) is 1. The molecular weight excluding hydrogens is 352 g/mol. The van der Waals surface area contributed by atoms with Gasteiger partial charge in [-0.25, -0.2) is 0 Å². The van der Waals surface area contributed by atoms with Gasteiger partial charge < -0.3 is 9.47 Å². The van der Waals surface area contributed by atoms with Crippen LogP contribution in [0.25, 0.3) is 0 Å². The fourth-order valence-corrected chi connectivity index (χ4v) is 3.04. The Morgan fingerprint density at radius 2 is 1.29 bits per heavy atom. The van der Waals surface area contributed by atoms with Crippen LogP contribution in [0.3, 0.4) is 0 Å². The van der Waals surface area contributed by atoms with Crippen LogP contribution < -0.4 is 0 Å². The van der Waals surface area contributed by atoms with Crippen LogP contribution in [-0.4, -0.2) is 11.9 Å². The first-order valence-corrected chi connectivity index (χ1v) is 9.65. The lowest BCUT2D eigenvalue weighted by Crippen LogP contribution is -2.08. The van der Waals surface area contributed by atoms with Gasteiger partial charge in [-0.2, -0.15) is 0 Å². The van der Waals surface area contributed by atoms with Gasteiger partial charge in [0.05, 0.1) is 0 Å². The Hall–Kier alpha value is -2.88. The van der Waals surface area contributed by atoms with Gasteiger partial charge in [0.1, 0.15) is 12.2 Å². The van der Waals surface area contributed by atoms with Gasteiger partial charge in [-0.3, -0.25) is 9.59 Å². The average molecular weight is 380 g/mol. The highest BCUT2D eigenvalue weighted by Crippen LogP contribution is 2.25. The van der Waals surface area contributed by atoms with E-state index in [-0.39, 0.29) is 24.1 Å². The molecule has 2 rings (SSSR count). The molecule has 0 fully saturated rings. The smallest absolute Gasteiger partial charge is 0.303 e. The highest BCUT2D eigenvalue weighted by atomic mass is 16.5. The monoisotopic (exact) mass is 380 g/mol. The molecule has 0 saturated carbocycles. The third kappa shape index (κ3) is 7.78. The van der Waals surface area contributed by atoms with Gasteiger partial charge in [0.25, 0.3) is 0 Å². The number of hydrogen-bond donors (Lipinski definition) is 0. The lowest BCUT2D eigenvalue weighted by molar-refractivity contribution is -0.147. The lowest BCUT2D eigenvalue weighted by Gasteiger charge is -2.17. The predicted octanol–water partition coefficient (Wildman–Crippen LogP) is 5.71. The van der Waals surface area contributed by atoms with Gasteiger partial charge in [-0.05, 0) is 30.4 Å². The minimum atomic E-state index is -0.283. The van der Waals surface area contributed by atoms with Gasteiger partial charge >= 0.3 is 11.9 Å². The normalized spacial score (nSPS) is 13.1. The van der Waals surface area contributed by atoms with Crippen molar-refractivity contribution in [1.82, 2.24) is 0 Å². The van der Waals surface area contributed by atoms with Crippen LogP contribution in [0.4, 0.5) is 0 Å². The highest BCUT2D eigenvalue weighted by molar-refractivity contribution is 5.66. The standard InChI is InChI=1S/C24H28O4/c1-19(25)27-23(21-13-7-5-8-14-21)17-11-3-4-12-18-24(28-20(2)26)22-15-9-6-10-16-22/h3,5-11,13-16,23-24H,4,12,17-18H2,1-2H3/b11-3+. The molecule has 28 heavy (non-hydrogen) atoms. The largest absolute Gasteiger partial charge is 0.458 e. The minimum absolute atomic E-state index is 0.217. The number of ether oxygens (including phenoxy) is 2. The van der Waals surface area contributed by atoms with Gasteiger partial charge in [0.15, 0.2) is 0 Å². The zero-order valence-electron chi connectivity index (χ0n) is 16.5. The van der Waals surface area contributed by atoms with E-state index in [2.05, 4.69) is 6.08 Å². The zero-order valence-corrected chi connectivity index (χ0v) is 16.5. The maximum absolute atomic E-state index is 11.4. The summed E-state index contributed by atoms with van der Waals surface area (Å²) in [5.74, 6) is -0.550. The van der Waals surface area contributed by atoms with Gasteiger partial charge in [0.2, 0.25) is 0 Å².